The molecule has 2 aromatic rings. The molecule has 1 saturated heterocycles. The molecule has 6 heteroatoms. The van der Waals surface area contributed by atoms with Crippen molar-refractivity contribution in [1.82, 2.24) is 9.80 Å². The van der Waals surface area contributed by atoms with Crippen molar-refractivity contribution in [3.8, 4) is 5.75 Å². The molecular formula is C27H32N2O4. The Balaban J connectivity index is 1.69. The first-order valence-electron chi connectivity index (χ1n) is 11.9. The zero-order chi connectivity index (χ0) is 23.2. The van der Waals surface area contributed by atoms with Gasteiger partial charge in [-0.2, -0.15) is 0 Å². The number of carbonyl (C=O) groups is 2. The van der Waals surface area contributed by atoms with Crippen molar-refractivity contribution in [2.45, 2.75) is 45.8 Å². The molecule has 2 aliphatic rings. The number of carbonyl (C=O) groups excluding carboxylic acids is 2. The summed E-state index contributed by atoms with van der Waals surface area (Å²) in [6.07, 6.45) is 2.66. The summed E-state index contributed by atoms with van der Waals surface area (Å²) in [5, 5.41) is 0. The number of likely N-dealkylation sites (N-methyl/N-ethyl adjacent to an activating group) is 1. The molecule has 0 spiro atoms. The van der Waals surface area contributed by atoms with Crippen molar-refractivity contribution in [2.75, 3.05) is 26.3 Å². The van der Waals surface area contributed by atoms with E-state index in [2.05, 4.69) is 6.92 Å². The van der Waals surface area contributed by atoms with Crippen molar-refractivity contribution in [1.29, 1.82) is 0 Å². The Morgan fingerprint density at radius 2 is 1.79 bits per heavy atom. The lowest BCUT2D eigenvalue weighted by molar-refractivity contribution is -0.139. The fourth-order valence-corrected chi connectivity index (χ4v) is 4.37. The third kappa shape index (κ3) is 5.11. The molecule has 2 aromatic carbocycles. The quantitative estimate of drug-likeness (QED) is 0.509. The minimum atomic E-state index is -0.251. The number of imide groups is 1. The van der Waals surface area contributed by atoms with Gasteiger partial charge in [-0.15, -0.1) is 0 Å². The van der Waals surface area contributed by atoms with Gasteiger partial charge in [0.05, 0.1) is 24.8 Å². The van der Waals surface area contributed by atoms with E-state index in [0.29, 0.717) is 44.1 Å². The molecule has 1 fully saturated rings. The molecule has 4 rings (SSSR count). The lowest BCUT2D eigenvalue weighted by Crippen LogP contribution is -2.39. The number of ether oxygens (including phenoxy) is 2. The Labute approximate surface area is 195 Å². The maximum atomic E-state index is 13.6. The van der Waals surface area contributed by atoms with E-state index in [1.54, 1.807) is 0 Å². The predicted molar refractivity (Wildman–Crippen MR) is 127 cm³/mol. The van der Waals surface area contributed by atoms with Gasteiger partial charge in [0.25, 0.3) is 11.8 Å². The molecule has 1 unspecified atom stereocenters. The Hall–Kier alpha value is -3.12. The maximum Gasteiger partial charge on any atom is 0.277 e. The summed E-state index contributed by atoms with van der Waals surface area (Å²) < 4.78 is 11.4. The second kappa shape index (κ2) is 10.7. The van der Waals surface area contributed by atoms with Gasteiger partial charge < -0.3 is 14.4 Å². The van der Waals surface area contributed by atoms with Crippen molar-refractivity contribution in [3.63, 3.8) is 0 Å². The molecular weight excluding hydrogens is 416 g/mol. The van der Waals surface area contributed by atoms with Crippen LogP contribution in [-0.4, -0.2) is 54.0 Å². The second-order valence-electron chi connectivity index (χ2n) is 8.45. The maximum absolute atomic E-state index is 13.6. The SMILES string of the molecule is CCCOc1ccc(C2=C(N(CC)Cc3ccccc3)C(=O)N(CC3CCCO3)C2=O)cc1. The van der Waals surface area contributed by atoms with Crippen LogP contribution in [0.1, 0.15) is 44.2 Å². The Kier molecular flexibility index (Phi) is 7.45. The van der Waals surface area contributed by atoms with Crippen LogP contribution in [-0.2, 0) is 20.9 Å². The molecule has 33 heavy (non-hydrogen) atoms. The number of amides is 2. The molecule has 174 valence electrons. The molecule has 2 heterocycles. The Morgan fingerprint density at radius 1 is 1.03 bits per heavy atom. The summed E-state index contributed by atoms with van der Waals surface area (Å²) in [5.74, 6) is 0.265. The van der Waals surface area contributed by atoms with Crippen LogP contribution in [0.5, 0.6) is 5.75 Å². The molecule has 6 nitrogen and oxygen atoms in total. The molecule has 1 atom stereocenters. The van der Waals surface area contributed by atoms with E-state index in [-0.39, 0.29) is 17.9 Å². The van der Waals surface area contributed by atoms with Crippen molar-refractivity contribution < 1.29 is 19.1 Å². The van der Waals surface area contributed by atoms with Crippen molar-refractivity contribution in [2.24, 2.45) is 0 Å². The molecule has 0 N–H and O–H groups in total. The molecule has 0 radical (unpaired) electrons. The summed E-state index contributed by atoms with van der Waals surface area (Å²) in [7, 11) is 0. The van der Waals surface area contributed by atoms with Crippen LogP contribution >= 0.6 is 0 Å². The molecule has 2 amide bonds. The van der Waals surface area contributed by atoms with Gasteiger partial charge in [-0.3, -0.25) is 14.5 Å². The number of benzene rings is 2. The third-order valence-corrected chi connectivity index (χ3v) is 6.08. The van der Waals surface area contributed by atoms with Crippen LogP contribution in [0.4, 0.5) is 0 Å². The van der Waals surface area contributed by atoms with Crippen LogP contribution in [0.2, 0.25) is 0 Å². The van der Waals surface area contributed by atoms with E-state index in [0.717, 1.165) is 36.1 Å². The molecule has 0 aliphatic carbocycles. The van der Waals surface area contributed by atoms with E-state index < -0.39 is 0 Å². The van der Waals surface area contributed by atoms with Gasteiger partial charge >= 0.3 is 0 Å². The second-order valence-corrected chi connectivity index (χ2v) is 8.45. The average molecular weight is 449 g/mol. The summed E-state index contributed by atoms with van der Waals surface area (Å²) >= 11 is 0. The van der Waals surface area contributed by atoms with Crippen LogP contribution in [0.15, 0.2) is 60.3 Å². The predicted octanol–water partition coefficient (Wildman–Crippen LogP) is 4.26. The van der Waals surface area contributed by atoms with E-state index in [1.807, 2.05) is 66.4 Å². The van der Waals surface area contributed by atoms with Gasteiger partial charge in [-0.05, 0) is 49.4 Å². The summed E-state index contributed by atoms with van der Waals surface area (Å²) in [6.45, 7) is 6.85. The topological polar surface area (TPSA) is 59.1 Å². The summed E-state index contributed by atoms with van der Waals surface area (Å²) in [4.78, 5) is 30.6. The van der Waals surface area contributed by atoms with Gasteiger partial charge in [0.2, 0.25) is 0 Å². The third-order valence-electron chi connectivity index (χ3n) is 6.08. The van der Waals surface area contributed by atoms with Gasteiger partial charge in [0, 0.05) is 19.7 Å². The van der Waals surface area contributed by atoms with E-state index >= 15 is 0 Å². The largest absolute Gasteiger partial charge is 0.494 e. The van der Waals surface area contributed by atoms with E-state index in [9.17, 15) is 9.59 Å². The highest BCUT2D eigenvalue weighted by molar-refractivity contribution is 6.35. The smallest absolute Gasteiger partial charge is 0.277 e. The first-order chi connectivity index (χ1) is 16.1. The van der Waals surface area contributed by atoms with Crippen LogP contribution in [0.25, 0.3) is 5.57 Å². The highest BCUT2D eigenvalue weighted by Gasteiger charge is 2.42. The van der Waals surface area contributed by atoms with E-state index in [4.69, 9.17) is 9.47 Å². The zero-order valence-corrected chi connectivity index (χ0v) is 19.5. The van der Waals surface area contributed by atoms with Crippen LogP contribution in [0.3, 0.4) is 0 Å². The molecule has 2 aliphatic heterocycles. The number of hydrogen-bond donors (Lipinski definition) is 0. The molecule has 0 aromatic heterocycles. The first-order valence-corrected chi connectivity index (χ1v) is 11.9. The normalized spacial score (nSPS) is 18.4. The van der Waals surface area contributed by atoms with E-state index in [1.165, 1.54) is 4.90 Å². The summed E-state index contributed by atoms with van der Waals surface area (Å²) in [5.41, 5.74) is 2.74. The molecule has 0 saturated carbocycles. The number of rotatable bonds is 10. The van der Waals surface area contributed by atoms with Gasteiger partial charge in [-0.25, -0.2) is 0 Å². The van der Waals surface area contributed by atoms with Gasteiger partial charge in [0.1, 0.15) is 11.4 Å². The van der Waals surface area contributed by atoms with Gasteiger partial charge in [0.15, 0.2) is 0 Å². The van der Waals surface area contributed by atoms with Crippen LogP contribution < -0.4 is 4.74 Å². The highest BCUT2D eigenvalue weighted by Crippen LogP contribution is 2.34. The fourth-order valence-electron chi connectivity index (χ4n) is 4.37. The minimum absolute atomic E-state index is 0.0903. The Bertz CT molecular complexity index is 995. The zero-order valence-electron chi connectivity index (χ0n) is 19.5. The fraction of sp³-hybridized carbons (Fsp3) is 0.407. The Morgan fingerprint density at radius 3 is 2.42 bits per heavy atom. The summed E-state index contributed by atoms with van der Waals surface area (Å²) in [6, 6.07) is 17.5. The highest BCUT2D eigenvalue weighted by atomic mass is 16.5. The number of nitrogens with zero attached hydrogens (tertiary/aromatic N) is 2. The number of hydrogen-bond acceptors (Lipinski definition) is 5. The first kappa shape index (κ1) is 23.1. The van der Waals surface area contributed by atoms with Crippen LogP contribution in [0, 0.1) is 0 Å². The average Bonchev–Trinajstić information content (AvgIpc) is 3.45. The lowest BCUT2D eigenvalue weighted by Gasteiger charge is -2.25. The standard InChI is InChI=1S/C27H32N2O4/c1-3-16-32-22-14-12-21(13-15-22)24-25(28(4-2)18-20-9-6-5-7-10-20)27(31)29(26(24)30)19-23-11-8-17-33-23/h5-7,9-10,12-15,23H,3-4,8,11,16-19H2,1-2H3. The van der Waals surface area contributed by atoms with Crippen molar-refractivity contribution in [3.05, 3.63) is 71.4 Å². The monoisotopic (exact) mass is 448 g/mol. The van der Waals surface area contributed by atoms with Crippen molar-refractivity contribution >= 4 is 17.4 Å². The lowest BCUT2D eigenvalue weighted by atomic mass is 10.0. The van der Waals surface area contributed by atoms with Gasteiger partial charge in [-0.1, -0.05) is 49.4 Å². The molecule has 0 bridgehead atoms. The minimum Gasteiger partial charge on any atom is -0.494 e.